The van der Waals surface area contributed by atoms with Gasteiger partial charge in [-0.05, 0) is 41.0 Å². The SMILES string of the molecule is COc1ccc(C(=CC#N)c2cc(OC)c(OC)c(OC)c2)cc1N. The van der Waals surface area contributed by atoms with Crippen molar-refractivity contribution in [2.45, 2.75) is 0 Å². The van der Waals surface area contributed by atoms with Crippen LogP contribution in [0, 0.1) is 11.3 Å². The molecule has 0 saturated heterocycles. The first-order chi connectivity index (χ1) is 12.1. The van der Waals surface area contributed by atoms with Crippen molar-refractivity contribution in [2.24, 2.45) is 0 Å². The first kappa shape index (κ1) is 18.0. The Morgan fingerprint density at radius 1 is 0.880 bits per heavy atom. The molecule has 0 heterocycles. The van der Waals surface area contributed by atoms with Gasteiger partial charge in [0.15, 0.2) is 11.5 Å². The smallest absolute Gasteiger partial charge is 0.203 e. The first-order valence-corrected chi connectivity index (χ1v) is 7.43. The molecule has 2 N–H and O–H groups in total. The van der Waals surface area contributed by atoms with Gasteiger partial charge in [-0.3, -0.25) is 0 Å². The number of allylic oxidation sites excluding steroid dienone is 1. The molecule has 0 saturated carbocycles. The molecule has 0 aromatic heterocycles. The highest BCUT2D eigenvalue weighted by atomic mass is 16.5. The normalized spacial score (nSPS) is 10.8. The molecule has 2 aromatic carbocycles. The van der Waals surface area contributed by atoms with Crippen LogP contribution in [-0.4, -0.2) is 28.4 Å². The molecule has 0 atom stereocenters. The van der Waals surface area contributed by atoms with E-state index in [4.69, 9.17) is 24.7 Å². The molecule has 0 aliphatic carbocycles. The fraction of sp³-hybridized carbons (Fsp3) is 0.211. The minimum Gasteiger partial charge on any atom is -0.495 e. The van der Waals surface area contributed by atoms with Gasteiger partial charge in [0.25, 0.3) is 0 Å². The van der Waals surface area contributed by atoms with Crippen molar-refractivity contribution < 1.29 is 18.9 Å². The molecule has 6 nitrogen and oxygen atoms in total. The molecule has 130 valence electrons. The molecule has 0 aliphatic rings. The van der Waals surface area contributed by atoms with Crippen molar-refractivity contribution >= 4 is 11.3 Å². The van der Waals surface area contributed by atoms with Gasteiger partial charge >= 0.3 is 0 Å². The van der Waals surface area contributed by atoms with E-state index < -0.39 is 0 Å². The van der Waals surface area contributed by atoms with E-state index >= 15 is 0 Å². The minimum atomic E-state index is 0.483. The third-order valence-corrected chi connectivity index (χ3v) is 3.73. The first-order valence-electron chi connectivity index (χ1n) is 7.43. The van der Waals surface area contributed by atoms with E-state index in [0.717, 1.165) is 11.1 Å². The van der Waals surface area contributed by atoms with Gasteiger partial charge in [-0.15, -0.1) is 0 Å². The van der Waals surface area contributed by atoms with E-state index in [0.29, 0.717) is 34.3 Å². The third-order valence-electron chi connectivity index (χ3n) is 3.73. The van der Waals surface area contributed by atoms with Crippen molar-refractivity contribution in [2.75, 3.05) is 34.2 Å². The molecule has 0 bridgehead atoms. The third kappa shape index (κ3) is 3.61. The highest BCUT2D eigenvalue weighted by Gasteiger charge is 2.16. The molecule has 6 heteroatoms. The summed E-state index contributed by atoms with van der Waals surface area (Å²) < 4.78 is 21.3. The van der Waals surface area contributed by atoms with Crippen molar-refractivity contribution in [3.8, 4) is 29.1 Å². The molecule has 2 rings (SSSR count). The summed E-state index contributed by atoms with van der Waals surface area (Å²) in [4.78, 5) is 0. The van der Waals surface area contributed by atoms with Crippen LogP contribution in [-0.2, 0) is 0 Å². The maximum absolute atomic E-state index is 9.21. The summed E-state index contributed by atoms with van der Waals surface area (Å²) in [6.07, 6.45) is 1.45. The zero-order chi connectivity index (χ0) is 18.4. The quantitative estimate of drug-likeness (QED) is 0.641. The van der Waals surface area contributed by atoms with Gasteiger partial charge in [0, 0.05) is 6.08 Å². The largest absolute Gasteiger partial charge is 0.495 e. The molecule has 0 fully saturated rings. The van der Waals surface area contributed by atoms with Crippen LogP contribution in [0.1, 0.15) is 11.1 Å². The minimum absolute atomic E-state index is 0.483. The summed E-state index contributed by atoms with van der Waals surface area (Å²) in [7, 11) is 6.17. The molecule has 0 aliphatic heterocycles. The molecular weight excluding hydrogens is 320 g/mol. The summed E-state index contributed by atoms with van der Waals surface area (Å²) in [5, 5.41) is 9.21. The van der Waals surface area contributed by atoms with Crippen LogP contribution in [0.4, 0.5) is 5.69 Å². The average Bonchev–Trinajstić information content (AvgIpc) is 2.64. The van der Waals surface area contributed by atoms with Gasteiger partial charge in [-0.2, -0.15) is 5.26 Å². The highest BCUT2D eigenvalue weighted by Crippen LogP contribution is 2.41. The number of nitrogens with two attached hydrogens (primary N) is 1. The molecule has 0 radical (unpaired) electrons. The fourth-order valence-electron chi connectivity index (χ4n) is 2.54. The number of nitrogen functional groups attached to an aromatic ring is 1. The zero-order valence-corrected chi connectivity index (χ0v) is 14.6. The highest BCUT2D eigenvalue weighted by molar-refractivity contribution is 5.85. The maximum Gasteiger partial charge on any atom is 0.203 e. The summed E-state index contributed by atoms with van der Waals surface area (Å²) in [5.74, 6) is 2.06. The van der Waals surface area contributed by atoms with Gasteiger partial charge in [-0.25, -0.2) is 0 Å². The van der Waals surface area contributed by atoms with Crippen LogP contribution in [0.5, 0.6) is 23.0 Å². The molecular formula is C19H20N2O4. The van der Waals surface area contributed by atoms with E-state index in [2.05, 4.69) is 6.07 Å². The predicted molar refractivity (Wildman–Crippen MR) is 96.2 cm³/mol. The second-order valence-electron chi connectivity index (χ2n) is 5.06. The Labute approximate surface area is 147 Å². The van der Waals surface area contributed by atoms with E-state index in [1.54, 1.807) is 45.6 Å². The second-order valence-corrected chi connectivity index (χ2v) is 5.06. The molecule has 25 heavy (non-hydrogen) atoms. The van der Waals surface area contributed by atoms with Gasteiger partial charge in [0.05, 0.1) is 40.2 Å². The van der Waals surface area contributed by atoms with E-state index in [1.807, 2.05) is 6.07 Å². The lowest BCUT2D eigenvalue weighted by molar-refractivity contribution is 0.324. The van der Waals surface area contributed by atoms with Gasteiger partial charge in [0.2, 0.25) is 5.75 Å². The molecule has 2 aromatic rings. The topological polar surface area (TPSA) is 86.7 Å². The number of hydrogen-bond donors (Lipinski definition) is 1. The van der Waals surface area contributed by atoms with Crippen molar-refractivity contribution in [3.05, 3.63) is 47.5 Å². The monoisotopic (exact) mass is 340 g/mol. The number of hydrogen-bond acceptors (Lipinski definition) is 6. The molecule has 0 spiro atoms. The zero-order valence-electron chi connectivity index (χ0n) is 14.6. The predicted octanol–water partition coefficient (Wildman–Crippen LogP) is 3.26. The van der Waals surface area contributed by atoms with Crippen molar-refractivity contribution in [3.63, 3.8) is 0 Å². The van der Waals surface area contributed by atoms with Crippen LogP contribution in [0.25, 0.3) is 5.57 Å². The number of benzene rings is 2. The van der Waals surface area contributed by atoms with E-state index in [-0.39, 0.29) is 0 Å². The van der Waals surface area contributed by atoms with Crippen LogP contribution >= 0.6 is 0 Å². The van der Waals surface area contributed by atoms with Crippen molar-refractivity contribution in [1.29, 1.82) is 5.26 Å². The van der Waals surface area contributed by atoms with Crippen LogP contribution in [0.3, 0.4) is 0 Å². The standard InChI is InChI=1S/C19H20N2O4/c1-22-16-6-5-12(9-15(16)21)14(7-8-20)13-10-17(23-2)19(25-4)18(11-13)24-3/h5-7,9-11H,21H2,1-4H3. The average molecular weight is 340 g/mol. The Balaban J connectivity index is 2.64. The summed E-state index contributed by atoms with van der Waals surface area (Å²) >= 11 is 0. The van der Waals surface area contributed by atoms with Crippen LogP contribution in [0.2, 0.25) is 0 Å². The fourth-order valence-corrected chi connectivity index (χ4v) is 2.54. The Kier molecular flexibility index (Phi) is 5.75. The maximum atomic E-state index is 9.21. The number of rotatable bonds is 6. The Morgan fingerprint density at radius 2 is 1.48 bits per heavy atom. The Hall–Kier alpha value is -3.33. The van der Waals surface area contributed by atoms with E-state index in [1.165, 1.54) is 13.2 Å². The van der Waals surface area contributed by atoms with Gasteiger partial charge in [0.1, 0.15) is 5.75 Å². The number of anilines is 1. The Morgan fingerprint density at radius 3 is 1.92 bits per heavy atom. The number of nitrogens with zero attached hydrogens (tertiary/aromatic N) is 1. The lowest BCUT2D eigenvalue weighted by Crippen LogP contribution is -1.99. The van der Waals surface area contributed by atoms with Crippen molar-refractivity contribution in [1.82, 2.24) is 0 Å². The van der Waals surface area contributed by atoms with Crippen LogP contribution < -0.4 is 24.7 Å². The van der Waals surface area contributed by atoms with Gasteiger partial charge in [-0.1, -0.05) is 6.07 Å². The number of nitriles is 1. The number of methoxy groups -OCH3 is 4. The number of ether oxygens (including phenoxy) is 4. The second kappa shape index (κ2) is 7.97. The van der Waals surface area contributed by atoms with Crippen LogP contribution in [0.15, 0.2) is 36.4 Å². The van der Waals surface area contributed by atoms with E-state index in [9.17, 15) is 5.26 Å². The lowest BCUT2D eigenvalue weighted by Gasteiger charge is -2.16. The van der Waals surface area contributed by atoms with Gasteiger partial charge < -0.3 is 24.7 Å². The lowest BCUT2D eigenvalue weighted by atomic mass is 9.96. The summed E-state index contributed by atoms with van der Waals surface area (Å²) in [6, 6.07) is 11.0. The summed E-state index contributed by atoms with van der Waals surface area (Å²) in [5.41, 5.74) is 8.67. The summed E-state index contributed by atoms with van der Waals surface area (Å²) in [6.45, 7) is 0. The Bertz CT molecular complexity index is 813. The molecule has 0 amide bonds. The molecule has 0 unspecified atom stereocenters.